The summed E-state index contributed by atoms with van der Waals surface area (Å²) in [6.45, 7) is 3.35. The highest BCUT2D eigenvalue weighted by Gasteiger charge is 2.42. The van der Waals surface area contributed by atoms with E-state index in [2.05, 4.69) is 70.3 Å². The summed E-state index contributed by atoms with van der Waals surface area (Å²) in [5.41, 5.74) is 3.44. The molecule has 0 spiro atoms. The number of aryl methyl sites for hydroxylation is 1. The van der Waals surface area contributed by atoms with Crippen LogP contribution in [0.15, 0.2) is 72.9 Å². The molecule has 2 amide bonds. The molecule has 2 saturated heterocycles. The molecule has 2 fully saturated rings. The van der Waals surface area contributed by atoms with Gasteiger partial charge in [0.15, 0.2) is 0 Å². The smallest absolute Gasteiger partial charge is 0.247 e. The maximum absolute atomic E-state index is 13.5. The molecular formula is C28H28N4O2. The number of rotatable bonds is 4. The number of carbonyl (C=O) groups is 2. The van der Waals surface area contributed by atoms with Crippen molar-refractivity contribution in [2.45, 2.75) is 19.1 Å². The molecule has 2 aliphatic heterocycles. The highest BCUT2D eigenvalue weighted by Crippen LogP contribution is 2.26. The van der Waals surface area contributed by atoms with Crippen LogP contribution in [0.5, 0.6) is 0 Å². The number of hydrogen-bond acceptors (Lipinski definition) is 3. The normalized spacial score (nSPS) is 19.3. The lowest BCUT2D eigenvalue weighted by atomic mass is 10.0. The van der Waals surface area contributed by atoms with E-state index in [1.165, 1.54) is 16.3 Å². The zero-order valence-corrected chi connectivity index (χ0v) is 19.4. The van der Waals surface area contributed by atoms with Gasteiger partial charge in [0.2, 0.25) is 11.8 Å². The van der Waals surface area contributed by atoms with E-state index in [1.54, 1.807) is 9.80 Å². The Hall–Kier alpha value is -3.64. The summed E-state index contributed by atoms with van der Waals surface area (Å²) < 4.78 is 2.08. The van der Waals surface area contributed by atoms with Gasteiger partial charge in [-0.15, -0.1) is 0 Å². The van der Waals surface area contributed by atoms with Gasteiger partial charge in [0.05, 0.1) is 0 Å². The Bertz CT molecular complexity index is 1410. The summed E-state index contributed by atoms with van der Waals surface area (Å²) in [5.74, 6) is 0.103. The number of benzene rings is 3. The lowest BCUT2D eigenvalue weighted by Crippen LogP contribution is -2.66. The zero-order chi connectivity index (χ0) is 23.2. The van der Waals surface area contributed by atoms with Crippen LogP contribution >= 0.6 is 0 Å². The van der Waals surface area contributed by atoms with Crippen LogP contribution in [0.4, 0.5) is 0 Å². The van der Waals surface area contributed by atoms with Gasteiger partial charge in [-0.25, -0.2) is 0 Å². The molecule has 4 aromatic rings. The van der Waals surface area contributed by atoms with E-state index in [0.717, 1.165) is 29.6 Å². The van der Waals surface area contributed by atoms with Crippen LogP contribution in [0, 0.1) is 0 Å². The number of carbonyl (C=O) groups excluding carboxylic acids is 2. The minimum Gasteiger partial charge on any atom is -0.350 e. The average molecular weight is 453 g/mol. The summed E-state index contributed by atoms with van der Waals surface area (Å²) in [6, 6.07) is 22.7. The average Bonchev–Trinajstić information content (AvgIpc) is 3.17. The van der Waals surface area contributed by atoms with Gasteiger partial charge in [0.1, 0.15) is 12.6 Å². The van der Waals surface area contributed by atoms with Crippen molar-refractivity contribution in [2.75, 3.05) is 26.2 Å². The molecule has 1 atom stereocenters. The summed E-state index contributed by atoms with van der Waals surface area (Å²) in [6.07, 6.45) is 2.07. The fourth-order valence-electron chi connectivity index (χ4n) is 5.52. The van der Waals surface area contributed by atoms with Gasteiger partial charge in [0, 0.05) is 56.9 Å². The van der Waals surface area contributed by atoms with Gasteiger partial charge in [-0.1, -0.05) is 54.6 Å². The van der Waals surface area contributed by atoms with E-state index in [4.69, 9.17) is 0 Å². The third-order valence-corrected chi connectivity index (χ3v) is 7.27. The molecule has 0 saturated carbocycles. The minimum atomic E-state index is -0.412. The minimum absolute atomic E-state index is 0.0511. The summed E-state index contributed by atoms with van der Waals surface area (Å²) in [4.78, 5) is 32.3. The van der Waals surface area contributed by atoms with Gasteiger partial charge >= 0.3 is 0 Å². The first-order chi connectivity index (χ1) is 16.6. The Labute approximate surface area is 199 Å². The van der Waals surface area contributed by atoms with E-state index in [-0.39, 0.29) is 18.4 Å². The molecule has 6 rings (SSSR count). The van der Waals surface area contributed by atoms with Crippen LogP contribution in [0.25, 0.3) is 21.7 Å². The number of para-hydroxylation sites is 1. The first-order valence-corrected chi connectivity index (χ1v) is 11.9. The predicted octanol–water partition coefficient (Wildman–Crippen LogP) is 3.39. The number of hydrogen-bond donors (Lipinski definition) is 0. The molecule has 3 heterocycles. The number of fused-ring (bicyclic) bond motifs is 3. The van der Waals surface area contributed by atoms with Crippen molar-refractivity contribution < 1.29 is 9.59 Å². The molecule has 172 valence electrons. The van der Waals surface area contributed by atoms with Crippen LogP contribution in [-0.2, 0) is 29.7 Å². The molecule has 6 nitrogen and oxygen atoms in total. The van der Waals surface area contributed by atoms with Crippen LogP contribution in [-0.4, -0.2) is 63.3 Å². The second-order valence-corrected chi connectivity index (χ2v) is 9.50. The fourth-order valence-corrected chi connectivity index (χ4v) is 5.52. The molecule has 0 bridgehead atoms. The van der Waals surface area contributed by atoms with E-state index < -0.39 is 6.04 Å². The Morgan fingerprint density at radius 3 is 2.56 bits per heavy atom. The van der Waals surface area contributed by atoms with Crippen molar-refractivity contribution in [3.63, 3.8) is 0 Å². The molecule has 0 aliphatic carbocycles. The lowest BCUT2D eigenvalue weighted by Gasteiger charge is -2.46. The van der Waals surface area contributed by atoms with Crippen molar-refractivity contribution in [1.29, 1.82) is 0 Å². The number of aromatic nitrogens is 1. The summed E-state index contributed by atoms with van der Waals surface area (Å²) in [5, 5.41) is 3.59. The van der Waals surface area contributed by atoms with Gasteiger partial charge in [0.25, 0.3) is 0 Å². The first kappa shape index (κ1) is 20.9. The predicted molar refractivity (Wildman–Crippen MR) is 133 cm³/mol. The van der Waals surface area contributed by atoms with Gasteiger partial charge < -0.3 is 14.4 Å². The third kappa shape index (κ3) is 3.64. The Morgan fingerprint density at radius 1 is 0.882 bits per heavy atom. The molecule has 3 aromatic carbocycles. The molecule has 34 heavy (non-hydrogen) atoms. The van der Waals surface area contributed by atoms with Crippen molar-refractivity contribution in [3.05, 3.63) is 84.1 Å². The second-order valence-electron chi connectivity index (χ2n) is 9.50. The van der Waals surface area contributed by atoms with Crippen molar-refractivity contribution in [3.8, 4) is 0 Å². The van der Waals surface area contributed by atoms with Gasteiger partial charge in [-0.2, -0.15) is 0 Å². The molecule has 2 aliphatic rings. The van der Waals surface area contributed by atoms with Gasteiger partial charge in [-0.05, 0) is 34.0 Å². The molecule has 1 unspecified atom stereocenters. The second kappa shape index (κ2) is 8.29. The van der Waals surface area contributed by atoms with E-state index in [0.29, 0.717) is 19.6 Å². The summed E-state index contributed by atoms with van der Waals surface area (Å²) in [7, 11) is 2.02. The third-order valence-electron chi connectivity index (χ3n) is 7.27. The van der Waals surface area contributed by atoms with Crippen LogP contribution < -0.4 is 0 Å². The first-order valence-electron chi connectivity index (χ1n) is 11.9. The van der Waals surface area contributed by atoms with Crippen molar-refractivity contribution in [2.24, 2.45) is 7.05 Å². The highest BCUT2D eigenvalue weighted by molar-refractivity contribution is 5.95. The van der Waals surface area contributed by atoms with Crippen LogP contribution in [0.1, 0.15) is 11.1 Å². The van der Waals surface area contributed by atoms with Crippen LogP contribution in [0.2, 0.25) is 0 Å². The lowest BCUT2D eigenvalue weighted by molar-refractivity contribution is -0.160. The van der Waals surface area contributed by atoms with Gasteiger partial charge in [-0.3, -0.25) is 14.5 Å². The molecule has 6 heteroatoms. The largest absolute Gasteiger partial charge is 0.350 e. The quantitative estimate of drug-likeness (QED) is 0.477. The van der Waals surface area contributed by atoms with E-state index >= 15 is 0 Å². The summed E-state index contributed by atoms with van der Waals surface area (Å²) >= 11 is 0. The number of piperazine rings is 2. The molecule has 0 N–H and O–H groups in total. The zero-order valence-electron chi connectivity index (χ0n) is 19.4. The Balaban J connectivity index is 1.20. The van der Waals surface area contributed by atoms with Crippen molar-refractivity contribution in [1.82, 2.24) is 19.3 Å². The Morgan fingerprint density at radius 2 is 1.68 bits per heavy atom. The topological polar surface area (TPSA) is 48.8 Å². The molecule has 1 aromatic heterocycles. The number of amides is 2. The molecule has 0 radical (unpaired) electrons. The number of nitrogens with zero attached hydrogens (tertiary/aromatic N) is 4. The highest BCUT2D eigenvalue weighted by atomic mass is 16.2. The van der Waals surface area contributed by atoms with Crippen molar-refractivity contribution >= 4 is 33.5 Å². The molecular weight excluding hydrogens is 424 g/mol. The standard InChI is InChI=1S/C28H28N4O2/c1-29-16-23(24-8-4-5-9-25(24)29)17-31-19-27(33)32-13-12-30(18-26(32)28(31)34)15-20-10-11-21-6-2-3-7-22(21)14-20/h2-11,14,16,26H,12-13,15,17-19H2,1H3. The van der Waals surface area contributed by atoms with Crippen LogP contribution in [0.3, 0.4) is 0 Å². The Kier molecular flexibility index (Phi) is 5.11. The fraction of sp³-hybridized carbons (Fsp3) is 0.286. The monoisotopic (exact) mass is 452 g/mol. The van der Waals surface area contributed by atoms with E-state index in [1.807, 2.05) is 19.2 Å². The van der Waals surface area contributed by atoms with E-state index in [9.17, 15) is 9.59 Å². The maximum Gasteiger partial charge on any atom is 0.247 e. The SMILES string of the molecule is Cn1cc(CN2CC(=O)N3CCN(Cc4ccc5ccccc5c4)CC3C2=O)c2ccccc21. The maximum atomic E-state index is 13.5.